The summed E-state index contributed by atoms with van der Waals surface area (Å²) in [6.07, 6.45) is 4.23. The molecule has 2 heterocycles. The van der Waals surface area contributed by atoms with E-state index in [4.69, 9.17) is 4.74 Å². The van der Waals surface area contributed by atoms with Gasteiger partial charge in [-0.1, -0.05) is 19.9 Å². The highest BCUT2D eigenvalue weighted by atomic mass is 16.5. The standard InChI is InChI=1S/C16H27N3O/c1-13(2)10-15-12-19(9-5-8-17-15)11-14-6-4-7-18-16(14)20-3/h4,6-7,13,15,17H,5,8-12H2,1-3H3. The van der Waals surface area contributed by atoms with Crippen molar-refractivity contribution in [1.29, 1.82) is 0 Å². The molecule has 0 saturated carbocycles. The average Bonchev–Trinajstić information content (AvgIpc) is 2.64. The van der Waals surface area contributed by atoms with E-state index in [0.29, 0.717) is 6.04 Å². The van der Waals surface area contributed by atoms with Crippen LogP contribution in [0.15, 0.2) is 18.3 Å². The molecule has 112 valence electrons. The van der Waals surface area contributed by atoms with Crippen molar-refractivity contribution in [3.63, 3.8) is 0 Å². The van der Waals surface area contributed by atoms with Gasteiger partial charge in [-0.15, -0.1) is 0 Å². The molecule has 0 amide bonds. The van der Waals surface area contributed by atoms with Crippen molar-refractivity contribution in [3.05, 3.63) is 23.9 Å². The second-order valence-electron chi connectivity index (χ2n) is 6.04. The molecule has 1 atom stereocenters. The van der Waals surface area contributed by atoms with Crippen molar-refractivity contribution in [2.45, 2.75) is 39.3 Å². The Balaban J connectivity index is 1.99. The highest BCUT2D eigenvalue weighted by Crippen LogP contribution is 2.18. The molecule has 1 aliphatic heterocycles. The molecule has 1 aliphatic rings. The van der Waals surface area contributed by atoms with E-state index in [1.165, 1.54) is 18.4 Å². The van der Waals surface area contributed by atoms with E-state index >= 15 is 0 Å². The minimum atomic E-state index is 0.597. The normalized spacial score (nSPS) is 20.9. The third-order valence-electron chi connectivity index (χ3n) is 3.76. The monoisotopic (exact) mass is 277 g/mol. The third kappa shape index (κ3) is 4.46. The van der Waals surface area contributed by atoms with E-state index < -0.39 is 0 Å². The van der Waals surface area contributed by atoms with Gasteiger partial charge in [-0.05, 0) is 37.9 Å². The molecule has 4 nitrogen and oxygen atoms in total. The zero-order valence-electron chi connectivity index (χ0n) is 12.9. The summed E-state index contributed by atoms with van der Waals surface area (Å²) < 4.78 is 5.36. The quantitative estimate of drug-likeness (QED) is 0.896. The van der Waals surface area contributed by atoms with Crippen LogP contribution in [0, 0.1) is 5.92 Å². The molecule has 1 aromatic heterocycles. The maximum absolute atomic E-state index is 5.36. The fourth-order valence-corrected chi connectivity index (χ4v) is 2.92. The van der Waals surface area contributed by atoms with Gasteiger partial charge in [0, 0.05) is 30.9 Å². The Kier molecular flexibility index (Phi) is 5.80. The summed E-state index contributed by atoms with van der Waals surface area (Å²) in [5, 5.41) is 3.67. The molecule has 0 bridgehead atoms. The van der Waals surface area contributed by atoms with E-state index in [9.17, 15) is 0 Å². The Morgan fingerprint density at radius 3 is 3.10 bits per heavy atom. The minimum absolute atomic E-state index is 0.597. The van der Waals surface area contributed by atoms with Gasteiger partial charge in [0.2, 0.25) is 5.88 Å². The van der Waals surface area contributed by atoms with Crippen molar-refractivity contribution in [3.8, 4) is 5.88 Å². The number of hydrogen-bond donors (Lipinski definition) is 1. The van der Waals surface area contributed by atoms with Crippen LogP contribution in [0.1, 0.15) is 32.3 Å². The molecule has 1 saturated heterocycles. The van der Waals surface area contributed by atoms with Crippen LogP contribution in [0.25, 0.3) is 0 Å². The first-order valence-electron chi connectivity index (χ1n) is 7.62. The molecule has 0 aromatic carbocycles. The predicted molar refractivity (Wildman–Crippen MR) is 81.9 cm³/mol. The first-order chi connectivity index (χ1) is 9.69. The first-order valence-corrected chi connectivity index (χ1v) is 7.62. The number of ether oxygens (including phenoxy) is 1. The summed E-state index contributed by atoms with van der Waals surface area (Å²) in [4.78, 5) is 6.81. The molecule has 1 aromatic rings. The smallest absolute Gasteiger partial charge is 0.217 e. The van der Waals surface area contributed by atoms with E-state index in [1.807, 2.05) is 6.07 Å². The van der Waals surface area contributed by atoms with Crippen molar-refractivity contribution in [2.75, 3.05) is 26.7 Å². The second-order valence-corrected chi connectivity index (χ2v) is 6.04. The number of aromatic nitrogens is 1. The maximum Gasteiger partial charge on any atom is 0.217 e. The minimum Gasteiger partial charge on any atom is -0.481 e. The van der Waals surface area contributed by atoms with Crippen LogP contribution in [-0.2, 0) is 6.54 Å². The second kappa shape index (κ2) is 7.60. The molecule has 0 spiro atoms. The van der Waals surface area contributed by atoms with Gasteiger partial charge in [-0.25, -0.2) is 4.98 Å². The topological polar surface area (TPSA) is 37.4 Å². The van der Waals surface area contributed by atoms with E-state index in [-0.39, 0.29) is 0 Å². The molecule has 4 heteroatoms. The van der Waals surface area contributed by atoms with Crippen molar-refractivity contribution >= 4 is 0 Å². The van der Waals surface area contributed by atoms with Gasteiger partial charge < -0.3 is 10.1 Å². The Morgan fingerprint density at radius 1 is 1.50 bits per heavy atom. The van der Waals surface area contributed by atoms with Crippen LogP contribution in [0.5, 0.6) is 5.88 Å². The van der Waals surface area contributed by atoms with Crippen molar-refractivity contribution in [2.24, 2.45) is 5.92 Å². The maximum atomic E-state index is 5.36. The molecule has 0 radical (unpaired) electrons. The van der Waals surface area contributed by atoms with Gasteiger partial charge in [0.1, 0.15) is 0 Å². The lowest BCUT2D eigenvalue weighted by Gasteiger charge is -2.25. The van der Waals surface area contributed by atoms with Gasteiger partial charge in [-0.2, -0.15) is 0 Å². The van der Waals surface area contributed by atoms with Gasteiger partial charge in [0.05, 0.1) is 7.11 Å². The zero-order chi connectivity index (χ0) is 14.4. The summed E-state index contributed by atoms with van der Waals surface area (Å²) in [6.45, 7) is 8.88. The molecular weight excluding hydrogens is 250 g/mol. The Bertz CT molecular complexity index is 408. The summed E-state index contributed by atoms with van der Waals surface area (Å²) in [5.74, 6) is 1.49. The average molecular weight is 277 g/mol. The molecular formula is C16H27N3O. The van der Waals surface area contributed by atoms with Crippen LogP contribution < -0.4 is 10.1 Å². The summed E-state index contributed by atoms with van der Waals surface area (Å²) in [7, 11) is 1.69. The number of nitrogens with one attached hydrogen (secondary N) is 1. The Hall–Kier alpha value is -1.13. The van der Waals surface area contributed by atoms with Gasteiger partial charge in [0.25, 0.3) is 0 Å². The third-order valence-corrected chi connectivity index (χ3v) is 3.76. The lowest BCUT2D eigenvalue weighted by atomic mass is 10.0. The Morgan fingerprint density at radius 2 is 2.35 bits per heavy atom. The highest BCUT2D eigenvalue weighted by Gasteiger charge is 2.19. The fraction of sp³-hybridized carbons (Fsp3) is 0.688. The van der Waals surface area contributed by atoms with E-state index in [0.717, 1.165) is 38.0 Å². The van der Waals surface area contributed by atoms with Gasteiger partial charge >= 0.3 is 0 Å². The Labute approximate surface area is 122 Å². The van der Waals surface area contributed by atoms with Crippen LogP contribution in [-0.4, -0.2) is 42.7 Å². The molecule has 1 N–H and O–H groups in total. The van der Waals surface area contributed by atoms with E-state index in [2.05, 4.69) is 35.1 Å². The molecule has 1 unspecified atom stereocenters. The predicted octanol–water partition coefficient (Wildman–Crippen LogP) is 2.30. The first kappa shape index (κ1) is 15.3. The molecule has 2 rings (SSSR count). The highest BCUT2D eigenvalue weighted by molar-refractivity contribution is 5.25. The summed E-state index contributed by atoms with van der Waals surface area (Å²) >= 11 is 0. The molecule has 20 heavy (non-hydrogen) atoms. The lowest BCUT2D eigenvalue weighted by Crippen LogP contribution is -2.38. The zero-order valence-corrected chi connectivity index (χ0v) is 12.9. The van der Waals surface area contributed by atoms with Crippen LogP contribution in [0.3, 0.4) is 0 Å². The summed E-state index contributed by atoms with van der Waals surface area (Å²) in [6, 6.07) is 4.70. The van der Waals surface area contributed by atoms with Gasteiger partial charge in [-0.3, -0.25) is 4.90 Å². The van der Waals surface area contributed by atoms with Gasteiger partial charge in [0.15, 0.2) is 0 Å². The van der Waals surface area contributed by atoms with Crippen LogP contribution >= 0.6 is 0 Å². The van der Waals surface area contributed by atoms with Crippen molar-refractivity contribution < 1.29 is 4.74 Å². The number of methoxy groups -OCH3 is 1. The largest absolute Gasteiger partial charge is 0.481 e. The van der Waals surface area contributed by atoms with Crippen molar-refractivity contribution in [1.82, 2.24) is 15.2 Å². The van der Waals surface area contributed by atoms with Crippen LogP contribution in [0.2, 0.25) is 0 Å². The fourth-order valence-electron chi connectivity index (χ4n) is 2.92. The number of rotatable bonds is 5. The molecule has 0 aliphatic carbocycles. The van der Waals surface area contributed by atoms with Crippen LogP contribution in [0.4, 0.5) is 0 Å². The SMILES string of the molecule is COc1ncccc1CN1CCCNC(CC(C)C)C1. The number of hydrogen-bond acceptors (Lipinski definition) is 4. The molecule has 1 fully saturated rings. The van der Waals surface area contributed by atoms with E-state index in [1.54, 1.807) is 13.3 Å². The summed E-state index contributed by atoms with van der Waals surface area (Å²) in [5.41, 5.74) is 1.18. The number of nitrogens with zero attached hydrogens (tertiary/aromatic N) is 2. The lowest BCUT2D eigenvalue weighted by molar-refractivity contribution is 0.243. The number of pyridine rings is 1.